The maximum Gasteiger partial charge on any atom is 0.160 e. The van der Waals surface area contributed by atoms with E-state index in [1.165, 1.54) is 26.9 Å². The molecule has 0 saturated heterocycles. The Morgan fingerprint density at radius 2 is 0.909 bits per heavy atom. The van der Waals surface area contributed by atoms with Gasteiger partial charge in [-0.1, -0.05) is 146 Å². The summed E-state index contributed by atoms with van der Waals surface area (Å²) >= 11 is 0. The molecule has 0 spiro atoms. The number of hydrogen-bond donors (Lipinski definition) is 0. The Hall–Kier alpha value is -7.36. The van der Waals surface area contributed by atoms with E-state index < -0.39 is 0 Å². The molecule has 2 heterocycles. The van der Waals surface area contributed by atoms with Crippen molar-refractivity contribution in [1.82, 2.24) is 9.97 Å². The fourth-order valence-electron chi connectivity index (χ4n) is 8.18. The molecule has 256 valence electrons. The van der Waals surface area contributed by atoms with Crippen molar-refractivity contribution in [3.63, 3.8) is 0 Å². The average molecular weight is 701 g/mol. The summed E-state index contributed by atoms with van der Waals surface area (Å²) in [5, 5.41) is 9.38. The first-order valence-corrected chi connectivity index (χ1v) is 18.6. The smallest absolute Gasteiger partial charge is 0.160 e. The van der Waals surface area contributed by atoms with Gasteiger partial charge in [-0.05, 0) is 103 Å². The molecule has 0 unspecified atom stereocenters. The Morgan fingerprint density at radius 1 is 0.291 bits per heavy atom. The second-order valence-electron chi connectivity index (χ2n) is 14.2. The monoisotopic (exact) mass is 700 g/mol. The van der Waals surface area contributed by atoms with E-state index >= 15 is 0 Å². The first-order valence-electron chi connectivity index (χ1n) is 18.6. The van der Waals surface area contributed by atoms with Crippen LogP contribution in [0.2, 0.25) is 0 Å². The molecule has 0 saturated carbocycles. The molecule has 0 amide bonds. The average Bonchev–Trinajstić information content (AvgIpc) is 3.64. The van der Waals surface area contributed by atoms with E-state index in [9.17, 15) is 0 Å². The molecule has 0 bridgehead atoms. The molecule has 0 atom stereocenters. The van der Waals surface area contributed by atoms with Crippen molar-refractivity contribution in [3.05, 3.63) is 194 Å². The highest BCUT2D eigenvalue weighted by atomic mass is 16.3. The van der Waals surface area contributed by atoms with Crippen LogP contribution in [-0.4, -0.2) is 9.97 Å². The molecule has 3 heteroatoms. The van der Waals surface area contributed by atoms with Crippen LogP contribution in [0.1, 0.15) is 0 Å². The Labute approximate surface area is 317 Å². The van der Waals surface area contributed by atoms with Crippen LogP contribution < -0.4 is 0 Å². The Kier molecular flexibility index (Phi) is 7.17. The van der Waals surface area contributed by atoms with E-state index in [4.69, 9.17) is 14.4 Å². The van der Waals surface area contributed by atoms with Crippen LogP contribution in [0.25, 0.3) is 110 Å². The van der Waals surface area contributed by atoms with Crippen molar-refractivity contribution < 1.29 is 4.42 Å². The van der Waals surface area contributed by atoms with Gasteiger partial charge in [-0.15, -0.1) is 0 Å². The third-order valence-corrected chi connectivity index (χ3v) is 10.8. The summed E-state index contributed by atoms with van der Waals surface area (Å²) in [5.74, 6) is 0.688. The molecule has 9 aromatic carbocycles. The lowest BCUT2D eigenvalue weighted by molar-refractivity contribution is 0.669. The van der Waals surface area contributed by atoms with Gasteiger partial charge in [0.2, 0.25) is 0 Å². The highest BCUT2D eigenvalue weighted by Gasteiger charge is 2.18. The fraction of sp³-hybridized carbons (Fsp3) is 0. The predicted octanol–water partition coefficient (Wildman–Crippen LogP) is 14.2. The molecular weight excluding hydrogens is 669 g/mol. The molecule has 55 heavy (non-hydrogen) atoms. The molecule has 0 aliphatic rings. The van der Waals surface area contributed by atoms with Crippen LogP contribution in [0, 0.1) is 0 Å². The summed E-state index contributed by atoms with van der Waals surface area (Å²) in [6, 6.07) is 68.7. The molecule has 3 nitrogen and oxygen atoms in total. The molecule has 0 fully saturated rings. The molecule has 0 aliphatic heterocycles. The zero-order valence-corrected chi connectivity index (χ0v) is 29.8. The lowest BCUT2D eigenvalue weighted by Crippen LogP contribution is -1.98. The van der Waals surface area contributed by atoms with Crippen molar-refractivity contribution in [1.29, 1.82) is 0 Å². The topological polar surface area (TPSA) is 38.9 Å². The van der Waals surface area contributed by atoms with Crippen molar-refractivity contribution in [3.8, 4) is 56.2 Å². The second kappa shape index (κ2) is 12.6. The van der Waals surface area contributed by atoms with Gasteiger partial charge in [-0.3, -0.25) is 0 Å². The number of furan rings is 1. The molecule has 0 N–H and O–H groups in total. The summed E-state index contributed by atoms with van der Waals surface area (Å²) in [6.45, 7) is 0. The van der Waals surface area contributed by atoms with Crippen LogP contribution in [0.5, 0.6) is 0 Å². The zero-order chi connectivity index (χ0) is 36.3. The number of aromatic nitrogens is 2. The summed E-state index contributed by atoms with van der Waals surface area (Å²) in [5.41, 5.74) is 11.1. The summed E-state index contributed by atoms with van der Waals surface area (Å²) in [7, 11) is 0. The highest BCUT2D eigenvalue weighted by Crippen LogP contribution is 2.41. The largest absolute Gasteiger partial charge is 0.456 e. The SMILES string of the molecule is c1ccc(-c2cc(-c3ccc4oc5ccccc5c4c3)cc(-c3cc(-c4c5ccccc5cc5c4ccc4ccccc45)nc(-c4ccccc4)n3)c2)cc1. The van der Waals surface area contributed by atoms with E-state index in [1.54, 1.807) is 0 Å². The molecule has 0 aliphatic carbocycles. The number of nitrogens with zero attached hydrogens (tertiary/aromatic N) is 2. The van der Waals surface area contributed by atoms with Crippen LogP contribution in [0.15, 0.2) is 199 Å². The number of rotatable bonds is 5. The van der Waals surface area contributed by atoms with Crippen molar-refractivity contribution in [2.45, 2.75) is 0 Å². The first-order chi connectivity index (χ1) is 27.2. The molecule has 11 aromatic rings. The van der Waals surface area contributed by atoms with E-state index in [2.05, 4.69) is 164 Å². The Morgan fingerprint density at radius 3 is 1.73 bits per heavy atom. The lowest BCUT2D eigenvalue weighted by atomic mass is 9.90. The molecule has 2 aromatic heterocycles. The number of benzene rings is 9. The summed E-state index contributed by atoms with van der Waals surface area (Å²) < 4.78 is 6.21. The first kappa shape index (κ1) is 31.2. The fourth-order valence-corrected chi connectivity index (χ4v) is 8.18. The van der Waals surface area contributed by atoms with Gasteiger partial charge in [-0.2, -0.15) is 0 Å². The van der Waals surface area contributed by atoms with Gasteiger partial charge in [0, 0.05) is 27.5 Å². The lowest BCUT2D eigenvalue weighted by Gasteiger charge is -2.16. The quantitative estimate of drug-likeness (QED) is 0.133. The van der Waals surface area contributed by atoms with Gasteiger partial charge in [-0.25, -0.2) is 9.97 Å². The Bertz CT molecular complexity index is 3250. The van der Waals surface area contributed by atoms with E-state index in [1.807, 2.05) is 30.3 Å². The van der Waals surface area contributed by atoms with Gasteiger partial charge < -0.3 is 4.42 Å². The minimum atomic E-state index is 0.688. The van der Waals surface area contributed by atoms with Crippen LogP contribution >= 0.6 is 0 Å². The molecule has 0 radical (unpaired) electrons. The second-order valence-corrected chi connectivity index (χ2v) is 14.2. The van der Waals surface area contributed by atoms with Crippen molar-refractivity contribution >= 4 is 54.3 Å². The van der Waals surface area contributed by atoms with Gasteiger partial charge in [0.05, 0.1) is 11.4 Å². The maximum absolute atomic E-state index is 6.21. The minimum Gasteiger partial charge on any atom is -0.456 e. The van der Waals surface area contributed by atoms with E-state index in [-0.39, 0.29) is 0 Å². The minimum absolute atomic E-state index is 0.688. The molecule has 11 rings (SSSR count). The third kappa shape index (κ3) is 5.36. The Balaban J connectivity index is 1.19. The van der Waals surface area contributed by atoms with Gasteiger partial charge in [0.15, 0.2) is 5.82 Å². The standard InChI is InChI=1S/C52H32N2O/c1-3-13-33(14-4-1)38-27-39(36-24-26-50-46(30-36)43-21-11-12-22-49(43)55-50)29-40(28-38)47-32-48(54-52(53-47)35-16-5-2-6-17-35)51-42-20-10-8-18-37(42)31-45-41-19-9-7-15-34(41)23-25-44(45)51/h1-32H. The zero-order valence-electron chi connectivity index (χ0n) is 29.8. The van der Waals surface area contributed by atoms with Crippen molar-refractivity contribution in [2.75, 3.05) is 0 Å². The summed E-state index contributed by atoms with van der Waals surface area (Å²) in [4.78, 5) is 10.7. The van der Waals surface area contributed by atoms with E-state index in [0.29, 0.717) is 5.82 Å². The number of para-hydroxylation sites is 1. The maximum atomic E-state index is 6.21. The van der Waals surface area contributed by atoms with Crippen LogP contribution in [-0.2, 0) is 0 Å². The van der Waals surface area contributed by atoms with E-state index in [0.717, 1.165) is 77.7 Å². The van der Waals surface area contributed by atoms with Crippen LogP contribution in [0.3, 0.4) is 0 Å². The number of fused-ring (bicyclic) bond motifs is 7. The van der Waals surface area contributed by atoms with Gasteiger partial charge in [0.1, 0.15) is 11.2 Å². The number of hydrogen-bond acceptors (Lipinski definition) is 3. The third-order valence-electron chi connectivity index (χ3n) is 10.8. The highest BCUT2D eigenvalue weighted by molar-refractivity contribution is 6.20. The van der Waals surface area contributed by atoms with Crippen LogP contribution in [0.4, 0.5) is 0 Å². The molecular formula is C52H32N2O. The van der Waals surface area contributed by atoms with Gasteiger partial charge in [0.25, 0.3) is 0 Å². The summed E-state index contributed by atoms with van der Waals surface area (Å²) in [6.07, 6.45) is 0. The normalized spacial score (nSPS) is 11.6. The van der Waals surface area contributed by atoms with Crippen molar-refractivity contribution in [2.24, 2.45) is 0 Å². The van der Waals surface area contributed by atoms with Gasteiger partial charge >= 0.3 is 0 Å². The predicted molar refractivity (Wildman–Crippen MR) is 229 cm³/mol.